The average molecular weight is 279 g/mol. The third kappa shape index (κ3) is 3.23. The van der Waals surface area contributed by atoms with Crippen molar-refractivity contribution in [3.8, 4) is 0 Å². The summed E-state index contributed by atoms with van der Waals surface area (Å²) in [7, 11) is -0.156. The lowest BCUT2D eigenvalue weighted by molar-refractivity contribution is 0.933. The molecule has 0 bridgehead atoms. The van der Waals surface area contributed by atoms with Gasteiger partial charge in [0.2, 0.25) is 0 Å². The number of hydrogen-bond donors (Lipinski definition) is 1. The van der Waals surface area contributed by atoms with E-state index < -0.39 is 0 Å². The molecule has 0 aliphatic carbocycles. The summed E-state index contributed by atoms with van der Waals surface area (Å²) in [6.45, 7) is 0. The van der Waals surface area contributed by atoms with E-state index in [-0.39, 0.29) is 10.9 Å². The first-order valence-corrected chi connectivity index (χ1v) is 8.69. The summed E-state index contributed by atoms with van der Waals surface area (Å²) >= 11 is 0. The van der Waals surface area contributed by atoms with Gasteiger partial charge in [-0.05, 0) is 47.3 Å². The van der Waals surface area contributed by atoms with Crippen molar-refractivity contribution in [3.05, 3.63) is 89.4 Å². The van der Waals surface area contributed by atoms with Gasteiger partial charge in [-0.15, -0.1) is 0 Å². The lowest BCUT2D eigenvalue weighted by Crippen LogP contribution is -1.92. The molecule has 20 heavy (non-hydrogen) atoms. The molecule has 1 heteroatoms. The Balaban J connectivity index is 1.58. The van der Waals surface area contributed by atoms with Crippen LogP contribution in [0.15, 0.2) is 72.1 Å². The molecule has 1 heterocycles. The van der Waals surface area contributed by atoms with E-state index in [9.17, 15) is 0 Å². The lowest BCUT2D eigenvalue weighted by atomic mass is 10.1. The van der Waals surface area contributed by atoms with Crippen LogP contribution in [0.1, 0.15) is 17.5 Å². The van der Waals surface area contributed by atoms with E-state index in [0.29, 0.717) is 0 Å². The van der Waals surface area contributed by atoms with Gasteiger partial charge in [0.05, 0.1) is 0 Å². The van der Waals surface area contributed by atoms with Gasteiger partial charge in [0.25, 0.3) is 0 Å². The molecule has 0 saturated carbocycles. The minimum absolute atomic E-state index is 0.156. The van der Waals surface area contributed by atoms with Crippen LogP contribution in [0.25, 0.3) is 4.91 Å². The van der Waals surface area contributed by atoms with Gasteiger partial charge in [-0.2, -0.15) is 0 Å². The molecule has 0 fully saturated rings. The van der Waals surface area contributed by atoms with Crippen molar-refractivity contribution < 1.29 is 0 Å². The van der Waals surface area contributed by atoms with Crippen LogP contribution < -0.4 is 0 Å². The van der Waals surface area contributed by atoms with Crippen LogP contribution in [-0.4, -0.2) is 5.75 Å². The maximum absolute atomic E-state index is 3.44. The average Bonchev–Trinajstić information content (AvgIpc) is 2.98. The van der Waals surface area contributed by atoms with E-state index in [0.717, 1.165) is 0 Å². The Labute approximate surface area is 124 Å². The number of benzene rings is 2. The molecule has 0 N–H and O–H groups in total. The van der Waals surface area contributed by atoms with Crippen LogP contribution >= 0.6 is 10.9 Å². The molecule has 2 aromatic carbocycles. The molecule has 101 valence electrons. The highest BCUT2D eigenvalue weighted by Crippen LogP contribution is 2.47. The highest BCUT2D eigenvalue weighted by molar-refractivity contribution is 8.27. The summed E-state index contributed by atoms with van der Waals surface area (Å²) in [4.78, 5) is 1.41. The molecule has 0 amide bonds. The van der Waals surface area contributed by atoms with E-state index in [1.54, 1.807) is 0 Å². The summed E-state index contributed by atoms with van der Waals surface area (Å²) in [6, 6.07) is 21.5. The molecule has 0 saturated heterocycles. The van der Waals surface area contributed by atoms with Crippen molar-refractivity contribution in [2.45, 2.75) is 12.8 Å². The van der Waals surface area contributed by atoms with Crippen molar-refractivity contribution in [2.75, 3.05) is 5.75 Å². The largest absolute Gasteiger partial charge is 0.205 e. The van der Waals surface area contributed by atoms with E-state index in [1.807, 2.05) is 0 Å². The van der Waals surface area contributed by atoms with E-state index in [4.69, 9.17) is 0 Å². The van der Waals surface area contributed by atoms with Crippen LogP contribution in [0, 0.1) is 6.08 Å². The first-order chi connectivity index (χ1) is 9.93. The zero-order valence-electron chi connectivity index (χ0n) is 11.5. The van der Waals surface area contributed by atoms with Crippen molar-refractivity contribution >= 4 is 15.8 Å². The molecule has 2 aromatic rings. The monoisotopic (exact) mass is 279 g/mol. The van der Waals surface area contributed by atoms with Gasteiger partial charge in [-0.1, -0.05) is 60.7 Å². The standard InChI is InChI=1S/C19H19S/c1-3-9-17(10-4-1)11-7-15-20-16-8-14-19(20)18-12-5-2-6-13-18/h1-6,8-10,12-13,16,20H,7,11,15H2. The predicted octanol–water partition coefficient (Wildman–Crippen LogP) is 4.99. The second kappa shape index (κ2) is 6.62. The fourth-order valence-electron chi connectivity index (χ4n) is 2.49. The zero-order valence-corrected chi connectivity index (χ0v) is 12.4. The number of allylic oxidation sites excluding steroid dienone is 2. The number of aryl methyl sites for hydroxylation is 1. The molecule has 1 radical (unpaired) electrons. The van der Waals surface area contributed by atoms with Gasteiger partial charge < -0.3 is 0 Å². The summed E-state index contributed by atoms with van der Waals surface area (Å²) in [5.41, 5.74) is 2.78. The Bertz CT molecular complexity index is 596. The Morgan fingerprint density at radius 2 is 1.55 bits per heavy atom. The summed E-state index contributed by atoms with van der Waals surface area (Å²) in [6.07, 6.45) is 7.97. The second-order valence-corrected chi connectivity index (χ2v) is 7.09. The van der Waals surface area contributed by atoms with Crippen LogP contribution in [0.5, 0.6) is 0 Å². The summed E-state index contributed by atoms with van der Waals surface area (Å²) in [5.74, 6) is 1.26. The van der Waals surface area contributed by atoms with E-state index in [1.165, 1.54) is 34.6 Å². The topological polar surface area (TPSA) is 0 Å². The zero-order chi connectivity index (χ0) is 13.6. The van der Waals surface area contributed by atoms with Crippen LogP contribution in [0.3, 0.4) is 0 Å². The molecule has 1 aliphatic heterocycles. The first-order valence-electron chi connectivity index (χ1n) is 7.09. The van der Waals surface area contributed by atoms with Crippen LogP contribution in [0.2, 0.25) is 0 Å². The minimum atomic E-state index is -0.156. The molecular formula is C19H19S. The normalized spacial score (nSPS) is 19.0. The Hall–Kier alpha value is -1.73. The fourth-order valence-corrected chi connectivity index (χ4v) is 4.49. The van der Waals surface area contributed by atoms with Gasteiger partial charge in [0, 0.05) is 4.91 Å². The molecule has 0 spiro atoms. The first kappa shape index (κ1) is 13.3. The molecule has 0 aromatic heterocycles. The molecular weight excluding hydrogens is 260 g/mol. The Morgan fingerprint density at radius 3 is 2.30 bits per heavy atom. The summed E-state index contributed by atoms with van der Waals surface area (Å²) < 4.78 is 0. The van der Waals surface area contributed by atoms with Gasteiger partial charge in [-0.3, -0.25) is 0 Å². The van der Waals surface area contributed by atoms with Crippen molar-refractivity contribution in [2.24, 2.45) is 0 Å². The summed E-state index contributed by atoms with van der Waals surface area (Å²) in [5, 5.41) is 2.35. The van der Waals surface area contributed by atoms with Gasteiger partial charge in [0.1, 0.15) is 0 Å². The van der Waals surface area contributed by atoms with Gasteiger partial charge in [0.15, 0.2) is 0 Å². The SMILES string of the molecule is [C]1=C(c2ccccc2)[SH](CCCc2ccccc2)C=C1. The van der Waals surface area contributed by atoms with Crippen molar-refractivity contribution in [3.63, 3.8) is 0 Å². The third-order valence-corrected chi connectivity index (χ3v) is 5.78. The molecule has 3 rings (SSSR count). The second-order valence-electron chi connectivity index (χ2n) is 4.96. The van der Waals surface area contributed by atoms with Gasteiger partial charge >= 0.3 is 0 Å². The van der Waals surface area contributed by atoms with Crippen LogP contribution in [0.4, 0.5) is 0 Å². The smallest absolute Gasteiger partial charge is 0.00618 e. The molecule has 1 atom stereocenters. The van der Waals surface area contributed by atoms with Crippen molar-refractivity contribution in [1.82, 2.24) is 0 Å². The maximum atomic E-state index is 3.44. The minimum Gasteiger partial charge on any atom is -0.205 e. The van der Waals surface area contributed by atoms with Crippen molar-refractivity contribution in [1.29, 1.82) is 0 Å². The third-order valence-electron chi connectivity index (χ3n) is 3.52. The number of hydrogen-bond acceptors (Lipinski definition) is 0. The highest BCUT2D eigenvalue weighted by Gasteiger charge is 2.12. The van der Waals surface area contributed by atoms with E-state index in [2.05, 4.69) is 78.2 Å². The maximum Gasteiger partial charge on any atom is 0.00618 e. The molecule has 0 nitrogen and oxygen atoms in total. The Morgan fingerprint density at radius 1 is 0.850 bits per heavy atom. The Kier molecular flexibility index (Phi) is 4.39. The quantitative estimate of drug-likeness (QED) is 0.732. The highest BCUT2D eigenvalue weighted by atomic mass is 32.2. The lowest BCUT2D eigenvalue weighted by Gasteiger charge is -2.18. The molecule has 1 unspecified atom stereocenters. The van der Waals surface area contributed by atoms with Gasteiger partial charge in [-0.25, -0.2) is 10.9 Å². The number of rotatable bonds is 5. The van der Waals surface area contributed by atoms with E-state index >= 15 is 0 Å². The molecule has 1 aliphatic rings. The number of thiol groups is 1. The van der Waals surface area contributed by atoms with Crippen LogP contribution in [-0.2, 0) is 6.42 Å². The predicted molar refractivity (Wildman–Crippen MR) is 90.8 cm³/mol. The fraction of sp³-hybridized carbons (Fsp3) is 0.158.